The third-order valence-corrected chi connectivity index (χ3v) is 2.99. The van der Waals surface area contributed by atoms with Crippen molar-refractivity contribution in [2.45, 2.75) is 58.0 Å². The first kappa shape index (κ1) is 12.4. The molecule has 0 amide bonds. The van der Waals surface area contributed by atoms with E-state index in [-0.39, 0.29) is 0 Å². The van der Waals surface area contributed by atoms with Crippen molar-refractivity contribution in [1.29, 1.82) is 0 Å². The van der Waals surface area contributed by atoms with Crippen LogP contribution in [0.1, 0.15) is 46.0 Å². The molecule has 0 spiro atoms. The second-order valence-electron chi connectivity index (χ2n) is 4.93. The molecule has 0 radical (unpaired) electrons. The lowest BCUT2D eigenvalue weighted by atomic mass is 10.1. The number of rotatable bonds is 6. The fourth-order valence-electron chi connectivity index (χ4n) is 2.08. The van der Waals surface area contributed by atoms with Crippen molar-refractivity contribution < 1.29 is 9.47 Å². The van der Waals surface area contributed by atoms with E-state index >= 15 is 0 Å². The minimum Gasteiger partial charge on any atom is -0.479 e. The van der Waals surface area contributed by atoms with Gasteiger partial charge in [0.2, 0.25) is 0 Å². The standard InChI is InChI=1S/C13H22N2O2/c1-10-8-16-12(14-10)6-4-3-5-7-13-15-11(2)9-17-13/h10-11H,3-9H2,1-2H3. The van der Waals surface area contributed by atoms with Crippen LogP contribution in [0, 0.1) is 0 Å². The van der Waals surface area contributed by atoms with E-state index in [1.807, 2.05) is 0 Å². The summed E-state index contributed by atoms with van der Waals surface area (Å²) in [4.78, 5) is 8.84. The van der Waals surface area contributed by atoms with E-state index in [1.54, 1.807) is 0 Å². The summed E-state index contributed by atoms with van der Waals surface area (Å²) in [6.07, 6.45) is 5.44. The van der Waals surface area contributed by atoms with E-state index in [4.69, 9.17) is 9.47 Å². The largest absolute Gasteiger partial charge is 0.479 e. The zero-order chi connectivity index (χ0) is 12.1. The van der Waals surface area contributed by atoms with Gasteiger partial charge in [0.1, 0.15) is 13.2 Å². The lowest BCUT2D eigenvalue weighted by Crippen LogP contribution is -2.01. The molecule has 2 heterocycles. The van der Waals surface area contributed by atoms with Crippen molar-refractivity contribution >= 4 is 11.8 Å². The van der Waals surface area contributed by atoms with Crippen molar-refractivity contribution in [2.24, 2.45) is 9.98 Å². The normalized spacial score (nSPS) is 27.4. The lowest BCUT2D eigenvalue weighted by Gasteiger charge is -2.02. The van der Waals surface area contributed by atoms with Crippen molar-refractivity contribution in [3.05, 3.63) is 0 Å². The minimum absolute atomic E-state index is 0.354. The number of ether oxygens (including phenoxy) is 2. The quantitative estimate of drug-likeness (QED) is 0.667. The van der Waals surface area contributed by atoms with Crippen molar-refractivity contribution in [3.63, 3.8) is 0 Å². The van der Waals surface area contributed by atoms with Gasteiger partial charge >= 0.3 is 0 Å². The van der Waals surface area contributed by atoms with Crippen LogP contribution in [0.25, 0.3) is 0 Å². The van der Waals surface area contributed by atoms with E-state index in [2.05, 4.69) is 23.8 Å². The van der Waals surface area contributed by atoms with Gasteiger partial charge in [-0.3, -0.25) is 0 Å². The first-order valence-electron chi connectivity index (χ1n) is 6.63. The van der Waals surface area contributed by atoms with Crippen LogP contribution < -0.4 is 0 Å². The molecular formula is C13H22N2O2. The molecule has 0 saturated heterocycles. The Morgan fingerprint density at radius 3 is 1.71 bits per heavy atom. The topological polar surface area (TPSA) is 43.2 Å². The Morgan fingerprint density at radius 1 is 0.882 bits per heavy atom. The number of nitrogens with zero attached hydrogens (tertiary/aromatic N) is 2. The third kappa shape index (κ3) is 4.02. The Labute approximate surface area is 103 Å². The molecule has 17 heavy (non-hydrogen) atoms. The van der Waals surface area contributed by atoms with Gasteiger partial charge in [-0.2, -0.15) is 0 Å². The molecule has 0 saturated carbocycles. The van der Waals surface area contributed by atoms with Crippen LogP contribution in [0.3, 0.4) is 0 Å². The first-order chi connectivity index (χ1) is 8.24. The van der Waals surface area contributed by atoms with Crippen LogP contribution in [0.5, 0.6) is 0 Å². The summed E-state index contributed by atoms with van der Waals surface area (Å²) >= 11 is 0. The molecule has 0 fully saturated rings. The molecule has 2 rings (SSSR count). The van der Waals surface area contributed by atoms with Crippen LogP contribution in [-0.4, -0.2) is 37.1 Å². The van der Waals surface area contributed by atoms with Gasteiger partial charge in [0.15, 0.2) is 11.8 Å². The highest BCUT2D eigenvalue weighted by atomic mass is 16.5. The smallest absolute Gasteiger partial charge is 0.183 e. The van der Waals surface area contributed by atoms with E-state index in [9.17, 15) is 0 Å². The molecule has 0 aromatic rings. The highest BCUT2D eigenvalue weighted by Gasteiger charge is 2.15. The second kappa shape index (κ2) is 6.03. The molecule has 2 atom stereocenters. The Hall–Kier alpha value is -1.06. The Morgan fingerprint density at radius 2 is 1.35 bits per heavy atom. The number of aliphatic imine (C=N–C) groups is 2. The van der Waals surface area contributed by atoms with Gasteiger partial charge < -0.3 is 9.47 Å². The zero-order valence-electron chi connectivity index (χ0n) is 10.8. The Kier molecular flexibility index (Phi) is 4.40. The average molecular weight is 238 g/mol. The van der Waals surface area contributed by atoms with Crippen LogP contribution in [-0.2, 0) is 9.47 Å². The molecular weight excluding hydrogens is 216 g/mol. The molecule has 2 aliphatic heterocycles. The number of hydrogen-bond acceptors (Lipinski definition) is 4. The predicted octanol–water partition coefficient (Wildman–Crippen LogP) is 2.57. The molecule has 2 unspecified atom stereocenters. The third-order valence-electron chi connectivity index (χ3n) is 2.99. The van der Waals surface area contributed by atoms with Gasteiger partial charge in [0.25, 0.3) is 0 Å². The summed E-state index contributed by atoms with van der Waals surface area (Å²) in [5, 5.41) is 0. The van der Waals surface area contributed by atoms with E-state index in [1.165, 1.54) is 6.42 Å². The summed E-state index contributed by atoms with van der Waals surface area (Å²) in [7, 11) is 0. The van der Waals surface area contributed by atoms with Gasteiger partial charge in [0.05, 0.1) is 12.1 Å². The van der Waals surface area contributed by atoms with E-state index < -0.39 is 0 Å². The monoisotopic (exact) mass is 238 g/mol. The highest BCUT2D eigenvalue weighted by molar-refractivity contribution is 5.78. The molecule has 0 bridgehead atoms. The maximum absolute atomic E-state index is 5.46. The molecule has 0 N–H and O–H groups in total. The summed E-state index contributed by atoms with van der Waals surface area (Å²) in [6, 6.07) is 0.709. The maximum atomic E-state index is 5.46. The summed E-state index contributed by atoms with van der Waals surface area (Å²) < 4.78 is 10.9. The maximum Gasteiger partial charge on any atom is 0.183 e. The van der Waals surface area contributed by atoms with Crippen LogP contribution in [0.4, 0.5) is 0 Å². The summed E-state index contributed by atoms with van der Waals surface area (Å²) in [5.41, 5.74) is 0. The lowest BCUT2D eigenvalue weighted by molar-refractivity contribution is 0.312. The van der Waals surface area contributed by atoms with Crippen molar-refractivity contribution in [2.75, 3.05) is 13.2 Å². The molecule has 96 valence electrons. The molecule has 0 aromatic heterocycles. The molecule has 0 aliphatic carbocycles. The van der Waals surface area contributed by atoms with Gasteiger partial charge in [-0.25, -0.2) is 9.98 Å². The predicted molar refractivity (Wildman–Crippen MR) is 68.8 cm³/mol. The molecule has 4 heteroatoms. The fraction of sp³-hybridized carbons (Fsp3) is 0.846. The second-order valence-corrected chi connectivity index (χ2v) is 4.93. The number of unbranched alkanes of at least 4 members (excludes halogenated alkanes) is 2. The average Bonchev–Trinajstić information content (AvgIpc) is 2.88. The molecule has 4 nitrogen and oxygen atoms in total. The Balaban J connectivity index is 1.52. The minimum atomic E-state index is 0.354. The molecule has 2 aliphatic rings. The summed E-state index contributed by atoms with van der Waals surface area (Å²) in [6.45, 7) is 5.70. The van der Waals surface area contributed by atoms with Crippen LogP contribution >= 0.6 is 0 Å². The summed E-state index contributed by atoms with van der Waals surface area (Å²) in [5.74, 6) is 1.89. The van der Waals surface area contributed by atoms with Crippen LogP contribution in [0.15, 0.2) is 9.98 Å². The van der Waals surface area contributed by atoms with E-state index in [0.29, 0.717) is 12.1 Å². The molecule has 0 aromatic carbocycles. The number of hydrogen-bond donors (Lipinski definition) is 0. The van der Waals surface area contributed by atoms with Gasteiger partial charge in [-0.1, -0.05) is 6.42 Å². The Bertz CT molecular complexity index is 283. The zero-order valence-corrected chi connectivity index (χ0v) is 10.8. The highest BCUT2D eigenvalue weighted by Crippen LogP contribution is 2.13. The first-order valence-corrected chi connectivity index (χ1v) is 6.63. The van der Waals surface area contributed by atoms with Gasteiger partial charge in [0, 0.05) is 12.8 Å². The van der Waals surface area contributed by atoms with Gasteiger partial charge in [-0.15, -0.1) is 0 Å². The van der Waals surface area contributed by atoms with Crippen molar-refractivity contribution in [1.82, 2.24) is 0 Å². The van der Waals surface area contributed by atoms with Gasteiger partial charge in [-0.05, 0) is 26.7 Å². The van der Waals surface area contributed by atoms with E-state index in [0.717, 1.165) is 50.7 Å². The SMILES string of the molecule is CC1COC(CCCCCC2=NC(C)CO2)=N1. The van der Waals surface area contributed by atoms with Crippen molar-refractivity contribution in [3.8, 4) is 0 Å². The fourth-order valence-corrected chi connectivity index (χ4v) is 2.08. The van der Waals surface area contributed by atoms with Crippen LogP contribution in [0.2, 0.25) is 0 Å².